The highest BCUT2D eigenvalue weighted by atomic mass is 79.9. The van der Waals surface area contributed by atoms with E-state index in [1.807, 2.05) is 6.07 Å². The van der Waals surface area contributed by atoms with Crippen molar-refractivity contribution in [3.05, 3.63) is 87.8 Å². The van der Waals surface area contributed by atoms with E-state index in [1.54, 1.807) is 12.4 Å². The molecule has 0 aliphatic heterocycles. The molecular weight excluding hydrogens is 374 g/mol. The second kappa shape index (κ2) is 6.45. The van der Waals surface area contributed by atoms with Crippen molar-refractivity contribution in [3.8, 4) is 5.95 Å². The van der Waals surface area contributed by atoms with Crippen LogP contribution < -0.4 is 0 Å². The number of fused-ring (bicyclic) bond motifs is 1. The van der Waals surface area contributed by atoms with E-state index in [-0.39, 0.29) is 0 Å². The number of aryl methyl sites for hydroxylation is 2. The molecule has 0 amide bonds. The lowest BCUT2D eigenvalue weighted by Gasteiger charge is -2.10. The van der Waals surface area contributed by atoms with Gasteiger partial charge in [0.1, 0.15) is 0 Å². The monoisotopic (exact) mass is 391 g/mol. The normalized spacial score (nSPS) is 11.2. The molecule has 0 saturated heterocycles. The van der Waals surface area contributed by atoms with Crippen LogP contribution in [-0.2, 0) is 6.42 Å². The zero-order valence-electron chi connectivity index (χ0n) is 14.2. The van der Waals surface area contributed by atoms with Crippen molar-refractivity contribution in [3.63, 3.8) is 0 Å². The van der Waals surface area contributed by atoms with Crippen LogP contribution in [0, 0.1) is 13.8 Å². The van der Waals surface area contributed by atoms with Crippen molar-refractivity contribution in [1.29, 1.82) is 0 Å². The summed E-state index contributed by atoms with van der Waals surface area (Å²) in [6.45, 7) is 4.28. The molecule has 0 atom stereocenters. The average Bonchev–Trinajstić information content (AvgIpc) is 2.87. The van der Waals surface area contributed by atoms with Gasteiger partial charge in [0.2, 0.25) is 5.95 Å². The van der Waals surface area contributed by atoms with Crippen LogP contribution in [0.1, 0.15) is 22.4 Å². The Hall–Kier alpha value is -2.46. The molecule has 2 heterocycles. The van der Waals surface area contributed by atoms with Crippen molar-refractivity contribution in [2.75, 3.05) is 0 Å². The van der Waals surface area contributed by atoms with Gasteiger partial charge in [-0.2, -0.15) is 0 Å². The standard InChI is InChI=1S/C21H18BrN3/c1-14-10-15(2)12-16(11-14)13-19-20(22)17-6-3-4-7-18(17)25(19)21-23-8-5-9-24-21/h3-12H,13H2,1-2H3. The molecule has 0 bridgehead atoms. The van der Waals surface area contributed by atoms with Crippen molar-refractivity contribution < 1.29 is 0 Å². The lowest BCUT2D eigenvalue weighted by molar-refractivity contribution is 0.894. The first kappa shape index (κ1) is 16.0. The zero-order chi connectivity index (χ0) is 17.4. The number of nitrogens with zero attached hydrogens (tertiary/aromatic N) is 3. The number of halogens is 1. The molecule has 4 aromatic rings. The van der Waals surface area contributed by atoms with Gasteiger partial charge in [-0.1, -0.05) is 47.5 Å². The summed E-state index contributed by atoms with van der Waals surface area (Å²) in [6, 6.07) is 16.9. The van der Waals surface area contributed by atoms with Crippen LogP contribution in [0.15, 0.2) is 65.4 Å². The molecule has 0 radical (unpaired) electrons. The Balaban J connectivity index is 1.95. The van der Waals surface area contributed by atoms with Gasteiger partial charge in [0.25, 0.3) is 0 Å². The van der Waals surface area contributed by atoms with Gasteiger partial charge in [0.05, 0.1) is 5.52 Å². The van der Waals surface area contributed by atoms with Crippen molar-refractivity contribution >= 4 is 26.8 Å². The fourth-order valence-electron chi connectivity index (χ4n) is 3.41. The van der Waals surface area contributed by atoms with Crippen LogP contribution in [0.5, 0.6) is 0 Å². The third-order valence-electron chi connectivity index (χ3n) is 4.31. The topological polar surface area (TPSA) is 30.7 Å². The van der Waals surface area contributed by atoms with Crippen LogP contribution in [0.25, 0.3) is 16.9 Å². The number of benzene rings is 2. The molecule has 2 aromatic carbocycles. The summed E-state index contributed by atoms with van der Waals surface area (Å²) in [5.41, 5.74) is 6.13. The largest absolute Gasteiger partial charge is 0.281 e. The molecule has 124 valence electrons. The highest BCUT2D eigenvalue weighted by Crippen LogP contribution is 2.34. The molecule has 4 rings (SSSR count). The van der Waals surface area contributed by atoms with E-state index >= 15 is 0 Å². The van der Waals surface area contributed by atoms with E-state index in [0.717, 1.165) is 22.1 Å². The van der Waals surface area contributed by atoms with Gasteiger partial charge in [0, 0.05) is 34.4 Å². The predicted molar refractivity (Wildman–Crippen MR) is 105 cm³/mol. The van der Waals surface area contributed by atoms with Gasteiger partial charge < -0.3 is 0 Å². The molecule has 3 nitrogen and oxygen atoms in total. The molecule has 2 aromatic heterocycles. The first-order valence-electron chi connectivity index (χ1n) is 8.26. The van der Waals surface area contributed by atoms with Crippen molar-refractivity contribution in [2.45, 2.75) is 20.3 Å². The van der Waals surface area contributed by atoms with E-state index in [1.165, 1.54) is 22.1 Å². The molecule has 0 spiro atoms. The molecule has 0 saturated carbocycles. The van der Waals surface area contributed by atoms with Gasteiger partial charge in [-0.3, -0.25) is 4.57 Å². The summed E-state index contributed by atoms with van der Waals surface area (Å²) < 4.78 is 3.26. The van der Waals surface area contributed by atoms with Gasteiger partial charge in [-0.05, 0) is 47.5 Å². The lowest BCUT2D eigenvalue weighted by atomic mass is 10.0. The van der Waals surface area contributed by atoms with Gasteiger partial charge >= 0.3 is 0 Å². The van der Waals surface area contributed by atoms with Crippen molar-refractivity contribution in [2.24, 2.45) is 0 Å². The summed E-state index contributed by atoms with van der Waals surface area (Å²) in [5.74, 6) is 0.698. The highest BCUT2D eigenvalue weighted by molar-refractivity contribution is 9.10. The minimum Gasteiger partial charge on any atom is -0.281 e. The van der Waals surface area contributed by atoms with E-state index in [4.69, 9.17) is 0 Å². The first-order valence-corrected chi connectivity index (χ1v) is 9.05. The first-order chi connectivity index (χ1) is 12.1. The Labute approximate surface area is 155 Å². The zero-order valence-corrected chi connectivity index (χ0v) is 15.8. The third-order valence-corrected chi connectivity index (χ3v) is 5.19. The molecule has 0 fully saturated rings. The Bertz CT molecular complexity index is 1030. The lowest BCUT2D eigenvalue weighted by Crippen LogP contribution is -2.05. The van der Waals surface area contributed by atoms with Crippen molar-refractivity contribution in [1.82, 2.24) is 14.5 Å². The maximum Gasteiger partial charge on any atom is 0.234 e. The minimum absolute atomic E-state index is 0.698. The van der Waals surface area contributed by atoms with E-state index in [9.17, 15) is 0 Å². The van der Waals surface area contributed by atoms with E-state index < -0.39 is 0 Å². The van der Waals surface area contributed by atoms with Crippen LogP contribution >= 0.6 is 15.9 Å². The molecule has 0 aliphatic rings. The molecule has 4 heteroatoms. The highest BCUT2D eigenvalue weighted by Gasteiger charge is 2.18. The second-order valence-electron chi connectivity index (χ2n) is 6.33. The quantitative estimate of drug-likeness (QED) is 0.468. The smallest absolute Gasteiger partial charge is 0.234 e. The number of hydrogen-bond donors (Lipinski definition) is 0. The molecular formula is C21H18BrN3. The summed E-state index contributed by atoms with van der Waals surface area (Å²) in [6.07, 6.45) is 4.38. The van der Waals surface area contributed by atoms with E-state index in [2.05, 4.69) is 86.8 Å². The fourth-order valence-corrected chi connectivity index (χ4v) is 4.06. The Morgan fingerprint density at radius 1 is 0.920 bits per heavy atom. The average molecular weight is 392 g/mol. The number of para-hydroxylation sites is 1. The number of rotatable bonds is 3. The molecule has 0 unspecified atom stereocenters. The molecule has 0 aliphatic carbocycles. The Morgan fingerprint density at radius 2 is 1.60 bits per heavy atom. The van der Waals surface area contributed by atoms with Gasteiger partial charge in [-0.25, -0.2) is 9.97 Å². The second-order valence-corrected chi connectivity index (χ2v) is 7.13. The molecule has 0 N–H and O–H groups in total. The maximum absolute atomic E-state index is 4.48. The van der Waals surface area contributed by atoms with Crippen LogP contribution in [0.3, 0.4) is 0 Å². The summed E-state index contributed by atoms with van der Waals surface area (Å²) in [7, 11) is 0. The van der Waals surface area contributed by atoms with Crippen LogP contribution in [-0.4, -0.2) is 14.5 Å². The maximum atomic E-state index is 4.48. The summed E-state index contributed by atoms with van der Waals surface area (Å²) in [4.78, 5) is 8.96. The Morgan fingerprint density at radius 3 is 2.32 bits per heavy atom. The fraction of sp³-hybridized carbons (Fsp3) is 0.143. The molecule has 25 heavy (non-hydrogen) atoms. The predicted octanol–water partition coefficient (Wildman–Crippen LogP) is 5.39. The van der Waals surface area contributed by atoms with Crippen LogP contribution in [0.4, 0.5) is 0 Å². The number of aromatic nitrogens is 3. The van der Waals surface area contributed by atoms with Crippen LogP contribution in [0.2, 0.25) is 0 Å². The SMILES string of the molecule is Cc1cc(C)cc(Cc2c(Br)c3ccccc3n2-c2ncccn2)c1. The van der Waals surface area contributed by atoms with Gasteiger partial charge in [-0.15, -0.1) is 0 Å². The Kier molecular flexibility index (Phi) is 4.14. The minimum atomic E-state index is 0.698. The third kappa shape index (κ3) is 2.98. The summed E-state index contributed by atoms with van der Waals surface area (Å²) >= 11 is 3.82. The van der Waals surface area contributed by atoms with Gasteiger partial charge in [0.15, 0.2) is 0 Å². The van der Waals surface area contributed by atoms with E-state index in [0.29, 0.717) is 5.95 Å². The summed E-state index contributed by atoms with van der Waals surface area (Å²) in [5, 5.41) is 1.18. The number of hydrogen-bond acceptors (Lipinski definition) is 2.